The number of rotatable bonds is 3. The van der Waals surface area contributed by atoms with Crippen LogP contribution in [0.15, 0.2) is 29.3 Å². The lowest BCUT2D eigenvalue weighted by Crippen LogP contribution is -2.04. The van der Waals surface area contributed by atoms with Crippen LogP contribution in [-0.2, 0) is 0 Å². The fourth-order valence-corrected chi connectivity index (χ4v) is 1.40. The Morgan fingerprint density at radius 1 is 1.40 bits per heavy atom. The highest BCUT2D eigenvalue weighted by Gasteiger charge is 2.14. The van der Waals surface area contributed by atoms with Gasteiger partial charge in [-0.2, -0.15) is 0 Å². The number of aliphatic imine (C=N–C) groups is 1. The van der Waals surface area contributed by atoms with Crippen molar-refractivity contribution in [3.8, 4) is 0 Å². The Morgan fingerprint density at radius 2 is 2.00 bits per heavy atom. The molecule has 0 spiro atoms. The van der Waals surface area contributed by atoms with Crippen LogP contribution in [0.25, 0.3) is 0 Å². The molecule has 0 saturated heterocycles. The van der Waals surface area contributed by atoms with Crippen molar-refractivity contribution in [3.05, 3.63) is 39.9 Å². The smallest absolute Gasteiger partial charge is 0.278 e. The molecule has 1 aromatic carbocycles. The van der Waals surface area contributed by atoms with Gasteiger partial charge in [0, 0.05) is 17.8 Å². The Labute approximate surface area is 88.8 Å². The van der Waals surface area contributed by atoms with E-state index in [9.17, 15) is 10.1 Å². The Morgan fingerprint density at radius 3 is 2.53 bits per heavy atom. The van der Waals surface area contributed by atoms with Gasteiger partial charge in [0.15, 0.2) is 0 Å². The number of benzene rings is 1. The summed E-state index contributed by atoms with van der Waals surface area (Å²) >= 11 is 0. The van der Waals surface area contributed by atoms with E-state index in [-0.39, 0.29) is 16.7 Å². The molecular formula is C11H14N2O2. The van der Waals surface area contributed by atoms with Crippen LogP contribution in [-0.4, -0.2) is 16.7 Å². The summed E-state index contributed by atoms with van der Waals surface area (Å²) in [6, 6.07) is 6.80. The quantitative estimate of drug-likeness (QED) is 0.433. The minimum atomic E-state index is -0.380. The molecule has 1 aromatic rings. The van der Waals surface area contributed by atoms with E-state index in [0.29, 0.717) is 11.3 Å². The van der Waals surface area contributed by atoms with Gasteiger partial charge in [0.25, 0.3) is 5.69 Å². The van der Waals surface area contributed by atoms with E-state index in [1.807, 2.05) is 13.8 Å². The van der Waals surface area contributed by atoms with Crippen molar-refractivity contribution < 1.29 is 4.92 Å². The first-order chi connectivity index (χ1) is 7.02. The normalized spacial score (nSPS) is 11.9. The molecule has 4 heteroatoms. The van der Waals surface area contributed by atoms with Crippen LogP contribution in [0, 0.1) is 10.1 Å². The molecule has 0 aliphatic carbocycles. The maximum Gasteiger partial charge on any atom is 0.278 e. The van der Waals surface area contributed by atoms with Gasteiger partial charge >= 0.3 is 0 Å². The molecule has 0 aliphatic rings. The highest BCUT2D eigenvalue weighted by Crippen LogP contribution is 2.18. The summed E-state index contributed by atoms with van der Waals surface area (Å²) in [5, 5.41) is 10.8. The summed E-state index contributed by atoms with van der Waals surface area (Å²) in [6.45, 7) is 5.68. The Hall–Kier alpha value is -1.71. The zero-order valence-electron chi connectivity index (χ0n) is 9.10. The van der Waals surface area contributed by atoms with Gasteiger partial charge in [0.2, 0.25) is 0 Å². The fourth-order valence-electron chi connectivity index (χ4n) is 1.40. The molecule has 80 valence electrons. The van der Waals surface area contributed by atoms with Gasteiger partial charge in [0.1, 0.15) is 0 Å². The molecular weight excluding hydrogens is 192 g/mol. The van der Waals surface area contributed by atoms with Crippen LogP contribution in [0.3, 0.4) is 0 Å². The third-order valence-corrected chi connectivity index (χ3v) is 1.94. The van der Waals surface area contributed by atoms with E-state index in [1.54, 1.807) is 25.1 Å². The average Bonchev–Trinajstić information content (AvgIpc) is 2.16. The number of para-hydroxylation sites is 1. The van der Waals surface area contributed by atoms with Gasteiger partial charge in [0.05, 0.1) is 10.5 Å². The lowest BCUT2D eigenvalue weighted by atomic mass is 10.1. The predicted octanol–water partition coefficient (Wildman–Crippen LogP) is 2.81. The maximum atomic E-state index is 10.8. The van der Waals surface area contributed by atoms with Gasteiger partial charge in [-0.3, -0.25) is 15.1 Å². The predicted molar refractivity (Wildman–Crippen MR) is 60.4 cm³/mol. The Kier molecular flexibility index (Phi) is 3.55. The van der Waals surface area contributed by atoms with Crippen molar-refractivity contribution in [2.24, 2.45) is 4.99 Å². The van der Waals surface area contributed by atoms with Gasteiger partial charge < -0.3 is 0 Å². The summed E-state index contributed by atoms with van der Waals surface area (Å²) in [6.07, 6.45) is 0. The lowest BCUT2D eigenvalue weighted by molar-refractivity contribution is -0.385. The van der Waals surface area contributed by atoms with Crippen molar-refractivity contribution in [3.63, 3.8) is 0 Å². The molecule has 0 bridgehead atoms. The highest BCUT2D eigenvalue weighted by molar-refractivity contribution is 6.02. The molecule has 0 amide bonds. The van der Waals surface area contributed by atoms with Crippen LogP contribution in [0.4, 0.5) is 5.69 Å². The second-order valence-corrected chi connectivity index (χ2v) is 3.58. The third kappa shape index (κ3) is 2.87. The van der Waals surface area contributed by atoms with Gasteiger partial charge in [-0.05, 0) is 26.8 Å². The van der Waals surface area contributed by atoms with Crippen molar-refractivity contribution in [2.45, 2.75) is 26.8 Å². The van der Waals surface area contributed by atoms with Crippen LogP contribution in [0.1, 0.15) is 26.3 Å². The molecule has 0 unspecified atom stereocenters. The van der Waals surface area contributed by atoms with E-state index >= 15 is 0 Å². The molecule has 0 aliphatic heterocycles. The van der Waals surface area contributed by atoms with Crippen LogP contribution in [0.5, 0.6) is 0 Å². The highest BCUT2D eigenvalue weighted by atomic mass is 16.6. The number of nitro benzene ring substituents is 1. The average molecular weight is 206 g/mol. The van der Waals surface area contributed by atoms with Crippen LogP contribution < -0.4 is 0 Å². The summed E-state index contributed by atoms with van der Waals surface area (Å²) in [5.41, 5.74) is 1.41. The van der Waals surface area contributed by atoms with Gasteiger partial charge in [-0.1, -0.05) is 12.1 Å². The number of hydrogen-bond acceptors (Lipinski definition) is 3. The van der Waals surface area contributed by atoms with Crippen LogP contribution in [0.2, 0.25) is 0 Å². The standard InChI is InChI=1S/C11H14N2O2/c1-8(2)12-9(3)10-6-4-5-7-11(10)13(14)15/h4-8H,1-3H3. The molecule has 0 atom stereocenters. The van der Waals surface area contributed by atoms with E-state index in [2.05, 4.69) is 4.99 Å². The van der Waals surface area contributed by atoms with E-state index in [4.69, 9.17) is 0 Å². The molecule has 0 aromatic heterocycles. The third-order valence-electron chi connectivity index (χ3n) is 1.94. The summed E-state index contributed by atoms with van der Waals surface area (Å²) < 4.78 is 0. The zero-order chi connectivity index (χ0) is 11.4. The van der Waals surface area contributed by atoms with Gasteiger partial charge in [-0.25, -0.2) is 0 Å². The number of hydrogen-bond donors (Lipinski definition) is 0. The van der Waals surface area contributed by atoms with Crippen LogP contribution >= 0.6 is 0 Å². The fraction of sp³-hybridized carbons (Fsp3) is 0.364. The van der Waals surface area contributed by atoms with Crippen molar-refractivity contribution in [1.82, 2.24) is 0 Å². The molecule has 4 nitrogen and oxygen atoms in total. The van der Waals surface area contributed by atoms with Gasteiger partial charge in [-0.15, -0.1) is 0 Å². The second kappa shape index (κ2) is 4.68. The topological polar surface area (TPSA) is 55.5 Å². The number of nitro groups is 1. The largest absolute Gasteiger partial charge is 0.286 e. The monoisotopic (exact) mass is 206 g/mol. The summed E-state index contributed by atoms with van der Waals surface area (Å²) in [7, 11) is 0. The second-order valence-electron chi connectivity index (χ2n) is 3.58. The molecule has 0 saturated carbocycles. The van der Waals surface area contributed by atoms with E-state index in [0.717, 1.165) is 0 Å². The minimum Gasteiger partial charge on any atom is -0.286 e. The SMILES string of the molecule is CC(=NC(C)C)c1ccccc1[N+](=O)[O-]. The molecule has 15 heavy (non-hydrogen) atoms. The molecule has 0 fully saturated rings. The summed E-state index contributed by atoms with van der Waals surface area (Å²) in [5.74, 6) is 0. The van der Waals surface area contributed by atoms with E-state index in [1.165, 1.54) is 6.07 Å². The molecule has 0 heterocycles. The summed E-state index contributed by atoms with van der Waals surface area (Å²) in [4.78, 5) is 14.7. The first-order valence-corrected chi connectivity index (χ1v) is 4.80. The Balaban J connectivity index is 3.19. The van der Waals surface area contributed by atoms with Crippen molar-refractivity contribution >= 4 is 11.4 Å². The van der Waals surface area contributed by atoms with Crippen molar-refractivity contribution in [2.75, 3.05) is 0 Å². The first kappa shape index (κ1) is 11.4. The number of nitrogens with zero attached hydrogens (tertiary/aromatic N) is 2. The molecule has 1 rings (SSSR count). The first-order valence-electron chi connectivity index (χ1n) is 4.80. The van der Waals surface area contributed by atoms with E-state index < -0.39 is 0 Å². The lowest BCUT2D eigenvalue weighted by Gasteiger charge is -2.04. The molecule has 0 radical (unpaired) electrons. The zero-order valence-corrected chi connectivity index (χ0v) is 9.10. The van der Waals surface area contributed by atoms with Crippen molar-refractivity contribution in [1.29, 1.82) is 0 Å². The molecule has 0 N–H and O–H groups in total. The minimum absolute atomic E-state index is 0.111. The maximum absolute atomic E-state index is 10.8. The Bertz CT molecular complexity index is 397.